The Morgan fingerprint density at radius 3 is 2.09 bits per heavy atom. The van der Waals surface area contributed by atoms with E-state index in [-0.39, 0.29) is 36.1 Å². The van der Waals surface area contributed by atoms with Crippen molar-refractivity contribution < 1.29 is 22.7 Å². The van der Waals surface area contributed by atoms with Crippen molar-refractivity contribution in [3.63, 3.8) is 0 Å². The van der Waals surface area contributed by atoms with E-state index >= 15 is 0 Å². The molecule has 0 unspecified atom stereocenters. The van der Waals surface area contributed by atoms with Gasteiger partial charge in [0, 0.05) is 23.5 Å². The van der Waals surface area contributed by atoms with E-state index in [1.807, 2.05) is 58.0 Å². The van der Waals surface area contributed by atoms with Crippen molar-refractivity contribution in [3.05, 3.63) is 125 Å². The normalized spacial score (nSPS) is 12.2. The molecule has 0 aliphatic heterocycles. The summed E-state index contributed by atoms with van der Waals surface area (Å²) < 4.78 is 35.6. The Morgan fingerprint density at radius 2 is 1.47 bits per heavy atom. The zero-order valence-corrected chi connectivity index (χ0v) is 29.0. The molecule has 4 aromatic carbocycles. The number of para-hydroxylation sites is 2. The van der Waals surface area contributed by atoms with E-state index in [1.54, 1.807) is 67.6 Å². The number of ether oxygens (including phenoxy) is 1. The first-order valence-electron chi connectivity index (χ1n) is 15.5. The van der Waals surface area contributed by atoms with Gasteiger partial charge in [-0.25, -0.2) is 8.42 Å². The Labute approximate surface area is 283 Å². The molecule has 0 heterocycles. The number of carbonyl (C=O) groups excluding carboxylic acids is 2. The van der Waals surface area contributed by atoms with Crippen molar-refractivity contribution in [3.8, 4) is 5.75 Å². The molecule has 2 amide bonds. The summed E-state index contributed by atoms with van der Waals surface area (Å²) in [6, 6.07) is 28.6. The molecule has 0 aliphatic carbocycles. The molecular formula is C37H42ClN3O5S. The van der Waals surface area contributed by atoms with Gasteiger partial charge in [-0.1, -0.05) is 83.9 Å². The maximum atomic E-state index is 14.7. The SMILES string of the molecule is CCOc1ccccc1N(CC(=O)N(Cc1ccc(Cl)cc1)[C@@H](Cc1ccccc1)C(=O)NC(C)(C)C)S(=O)(=O)c1ccc(C)cc1. The van der Waals surface area contributed by atoms with E-state index in [2.05, 4.69) is 5.32 Å². The third-order valence-corrected chi connectivity index (χ3v) is 9.38. The number of aryl methyl sites for hydroxylation is 1. The number of benzene rings is 4. The van der Waals surface area contributed by atoms with Gasteiger partial charge in [-0.3, -0.25) is 13.9 Å². The molecule has 0 saturated heterocycles. The van der Waals surface area contributed by atoms with E-state index in [4.69, 9.17) is 16.3 Å². The van der Waals surface area contributed by atoms with Gasteiger partial charge >= 0.3 is 0 Å². The molecule has 248 valence electrons. The predicted molar refractivity (Wildman–Crippen MR) is 187 cm³/mol. The number of nitrogens with one attached hydrogen (secondary N) is 1. The average molecular weight is 676 g/mol. The van der Waals surface area contributed by atoms with Crippen LogP contribution in [0.3, 0.4) is 0 Å². The first-order valence-corrected chi connectivity index (χ1v) is 17.3. The van der Waals surface area contributed by atoms with Gasteiger partial charge in [0.25, 0.3) is 10.0 Å². The van der Waals surface area contributed by atoms with Crippen LogP contribution in [-0.2, 0) is 32.6 Å². The molecule has 0 bridgehead atoms. The molecule has 47 heavy (non-hydrogen) atoms. The number of anilines is 1. The van der Waals surface area contributed by atoms with Gasteiger partial charge < -0.3 is 15.0 Å². The quantitative estimate of drug-likeness (QED) is 0.168. The number of halogens is 1. The van der Waals surface area contributed by atoms with E-state index in [0.717, 1.165) is 21.0 Å². The van der Waals surface area contributed by atoms with Crippen LogP contribution in [0.5, 0.6) is 5.75 Å². The van der Waals surface area contributed by atoms with Gasteiger partial charge in [0.05, 0.1) is 17.2 Å². The van der Waals surface area contributed by atoms with Gasteiger partial charge in [-0.05, 0) is 82.1 Å². The van der Waals surface area contributed by atoms with Crippen molar-refractivity contribution in [1.29, 1.82) is 0 Å². The number of carbonyl (C=O) groups is 2. The summed E-state index contributed by atoms with van der Waals surface area (Å²) in [6.45, 7) is 9.03. The summed E-state index contributed by atoms with van der Waals surface area (Å²) >= 11 is 6.17. The summed E-state index contributed by atoms with van der Waals surface area (Å²) in [7, 11) is -4.26. The number of hydrogen-bond acceptors (Lipinski definition) is 5. The van der Waals surface area contributed by atoms with E-state index in [1.165, 1.54) is 17.0 Å². The topological polar surface area (TPSA) is 96.0 Å². The van der Waals surface area contributed by atoms with Gasteiger partial charge in [-0.15, -0.1) is 0 Å². The Morgan fingerprint density at radius 1 is 0.851 bits per heavy atom. The smallest absolute Gasteiger partial charge is 0.264 e. The highest BCUT2D eigenvalue weighted by Gasteiger charge is 2.36. The van der Waals surface area contributed by atoms with Crippen molar-refractivity contribution >= 4 is 39.1 Å². The van der Waals surface area contributed by atoms with Crippen LogP contribution in [0.25, 0.3) is 0 Å². The molecule has 4 rings (SSSR count). The van der Waals surface area contributed by atoms with Crippen LogP contribution in [0.2, 0.25) is 5.02 Å². The van der Waals surface area contributed by atoms with Crippen LogP contribution in [0.15, 0.2) is 108 Å². The van der Waals surface area contributed by atoms with E-state index in [0.29, 0.717) is 10.8 Å². The summed E-state index contributed by atoms with van der Waals surface area (Å²) in [5.41, 5.74) is 2.10. The molecule has 8 nitrogen and oxygen atoms in total. The molecule has 4 aromatic rings. The third-order valence-electron chi connectivity index (χ3n) is 7.36. The minimum atomic E-state index is -4.26. The van der Waals surface area contributed by atoms with Gasteiger partial charge in [0.1, 0.15) is 18.3 Å². The molecule has 0 radical (unpaired) electrons. The molecule has 0 fully saturated rings. The second kappa shape index (κ2) is 15.5. The lowest BCUT2D eigenvalue weighted by atomic mass is 10.0. The number of rotatable bonds is 13. The number of nitrogens with zero attached hydrogens (tertiary/aromatic N) is 2. The number of hydrogen-bond donors (Lipinski definition) is 1. The predicted octanol–water partition coefficient (Wildman–Crippen LogP) is 6.80. The lowest BCUT2D eigenvalue weighted by Gasteiger charge is -2.35. The zero-order valence-electron chi connectivity index (χ0n) is 27.4. The summed E-state index contributed by atoms with van der Waals surface area (Å²) in [4.78, 5) is 30.2. The lowest BCUT2D eigenvalue weighted by Crippen LogP contribution is -2.56. The van der Waals surface area contributed by atoms with E-state index in [9.17, 15) is 18.0 Å². The van der Waals surface area contributed by atoms with Crippen molar-refractivity contribution in [2.45, 2.75) is 64.1 Å². The fraction of sp³-hybridized carbons (Fsp3) is 0.297. The fourth-order valence-corrected chi connectivity index (χ4v) is 6.64. The van der Waals surface area contributed by atoms with Crippen LogP contribution >= 0.6 is 11.6 Å². The summed E-state index contributed by atoms with van der Waals surface area (Å²) in [6.07, 6.45) is 0.211. The molecule has 0 spiro atoms. The van der Waals surface area contributed by atoms with Crippen molar-refractivity contribution in [2.75, 3.05) is 17.5 Å². The van der Waals surface area contributed by atoms with E-state index < -0.39 is 34.1 Å². The molecule has 0 saturated carbocycles. The second-order valence-electron chi connectivity index (χ2n) is 12.3. The average Bonchev–Trinajstić information content (AvgIpc) is 3.02. The Kier molecular flexibility index (Phi) is 11.7. The van der Waals surface area contributed by atoms with Crippen LogP contribution in [0, 0.1) is 6.92 Å². The molecule has 0 aromatic heterocycles. The Hall–Kier alpha value is -4.34. The third kappa shape index (κ3) is 9.59. The van der Waals surface area contributed by atoms with Crippen molar-refractivity contribution in [1.82, 2.24) is 10.2 Å². The number of sulfonamides is 1. The van der Waals surface area contributed by atoms with Crippen LogP contribution in [-0.4, -0.2) is 49.9 Å². The minimum absolute atomic E-state index is 0.0257. The van der Waals surface area contributed by atoms with Crippen LogP contribution in [0.1, 0.15) is 44.4 Å². The maximum Gasteiger partial charge on any atom is 0.264 e. The maximum absolute atomic E-state index is 14.7. The molecule has 0 aliphatic rings. The fourth-order valence-electron chi connectivity index (χ4n) is 5.08. The van der Waals surface area contributed by atoms with Crippen LogP contribution in [0.4, 0.5) is 5.69 Å². The Bertz CT molecular complexity index is 1760. The highest BCUT2D eigenvalue weighted by molar-refractivity contribution is 7.92. The number of amides is 2. The van der Waals surface area contributed by atoms with Crippen molar-refractivity contribution in [2.24, 2.45) is 0 Å². The zero-order chi connectivity index (χ0) is 34.2. The highest BCUT2D eigenvalue weighted by Crippen LogP contribution is 2.33. The first-order chi connectivity index (χ1) is 22.3. The monoisotopic (exact) mass is 675 g/mol. The first kappa shape index (κ1) is 35.5. The molecule has 1 atom stereocenters. The molecule has 10 heteroatoms. The summed E-state index contributed by atoms with van der Waals surface area (Å²) in [5, 5.41) is 3.56. The molecule has 1 N–H and O–H groups in total. The summed E-state index contributed by atoms with van der Waals surface area (Å²) in [5.74, 6) is -0.604. The molecular weight excluding hydrogens is 634 g/mol. The lowest BCUT2D eigenvalue weighted by molar-refractivity contribution is -0.140. The Balaban J connectivity index is 1.85. The van der Waals surface area contributed by atoms with Gasteiger partial charge in [0.2, 0.25) is 11.8 Å². The largest absolute Gasteiger partial charge is 0.492 e. The van der Waals surface area contributed by atoms with Gasteiger partial charge in [-0.2, -0.15) is 0 Å². The van der Waals surface area contributed by atoms with Gasteiger partial charge in [0.15, 0.2) is 0 Å². The van der Waals surface area contributed by atoms with Crippen LogP contribution < -0.4 is 14.4 Å². The second-order valence-corrected chi connectivity index (χ2v) is 14.6. The minimum Gasteiger partial charge on any atom is -0.492 e. The highest BCUT2D eigenvalue weighted by atomic mass is 35.5. The standard InChI is InChI=1S/C37H42ClN3O5S/c1-6-46-34-15-11-10-14-32(34)41(47(44,45)31-22-16-27(2)17-23-31)26-35(42)40(25-29-18-20-30(38)21-19-29)33(36(43)39-37(3,4)5)24-28-12-8-7-9-13-28/h7-23,33H,6,24-26H2,1-5H3,(H,39,43)/t33-/m0/s1.